The Morgan fingerprint density at radius 2 is 2.08 bits per heavy atom. The first kappa shape index (κ1) is 9.78. The average molecular weight is 177 g/mol. The smallest absolute Gasteiger partial charge is 0.311 e. The molecule has 1 rings (SSSR count). The van der Waals surface area contributed by atoms with Gasteiger partial charge < -0.3 is 4.74 Å². The maximum absolute atomic E-state index is 11.1. The predicted molar refractivity (Wildman–Crippen MR) is 51.3 cm³/mol. The van der Waals surface area contributed by atoms with Gasteiger partial charge in [0.2, 0.25) is 0 Å². The summed E-state index contributed by atoms with van der Waals surface area (Å²) in [6, 6.07) is 9.11. The second kappa shape index (κ2) is 5.36. The first-order valence-electron chi connectivity index (χ1n) is 4.36. The fourth-order valence-corrected chi connectivity index (χ4v) is 0.933. The zero-order valence-electron chi connectivity index (χ0n) is 7.69. The zero-order valence-corrected chi connectivity index (χ0v) is 7.69. The number of carbonyl (C=O) groups is 1. The largest absolute Gasteiger partial charge is 0.427 e. The molecule has 0 aliphatic heterocycles. The summed E-state index contributed by atoms with van der Waals surface area (Å²) in [5.41, 5.74) is 0. The molecule has 69 valence electrons. The minimum Gasteiger partial charge on any atom is -0.427 e. The fourth-order valence-electron chi connectivity index (χ4n) is 0.933. The van der Waals surface area contributed by atoms with E-state index in [9.17, 15) is 4.79 Å². The highest BCUT2D eigenvalue weighted by Crippen LogP contribution is 2.09. The Morgan fingerprint density at radius 3 is 2.69 bits per heavy atom. The number of unbranched alkanes of at least 4 members (excludes halogenated alkanes) is 1. The van der Waals surface area contributed by atoms with Crippen LogP contribution in [0.25, 0.3) is 0 Å². The van der Waals surface area contributed by atoms with Gasteiger partial charge in [0.1, 0.15) is 5.75 Å². The summed E-state index contributed by atoms with van der Waals surface area (Å²) in [6.45, 7) is 1.93. The van der Waals surface area contributed by atoms with Crippen molar-refractivity contribution in [1.82, 2.24) is 0 Å². The molecule has 0 saturated heterocycles. The van der Waals surface area contributed by atoms with Crippen LogP contribution in [0.15, 0.2) is 30.3 Å². The topological polar surface area (TPSA) is 26.3 Å². The van der Waals surface area contributed by atoms with Crippen molar-refractivity contribution in [2.24, 2.45) is 0 Å². The molecule has 1 aromatic rings. The Morgan fingerprint density at radius 1 is 1.38 bits per heavy atom. The first-order valence-corrected chi connectivity index (χ1v) is 4.36. The van der Waals surface area contributed by atoms with E-state index in [1.165, 1.54) is 0 Å². The summed E-state index contributed by atoms with van der Waals surface area (Å²) >= 11 is 0. The van der Waals surface area contributed by atoms with Crippen molar-refractivity contribution < 1.29 is 9.53 Å². The van der Waals surface area contributed by atoms with Crippen molar-refractivity contribution in [3.05, 3.63) is 36.8 Å². The van der Waals surface area contributed by atoms with Gasteiger partial charge in [0.25, 0.3) is 0 Å². The van der Waals surface area contributed by atoms with Crippen molar-refractivity contribution in [3.8, 4) is 5.75 Å². The Kier molecular flexibility index (Phi) is 4.03. The van der Waals surface area contributed by atoms with Crippen LogP contribution in [0.5, 0.6) is 5.75 Å². The van der Waals surface area contributed by atoms with Crippen LogP contribution in [0, 0.1) is 6.42 Å². The highest BCUT2D eigenvalue weighted by atomic mass is 16.5. The van der Waals surface area contributed by atoms with Gasteiger partial charge in [-0.1, -0.05) is 25.1 Å². The summed E-state index contributed by atoms with van der Waals surface area (Å²) in [4.78, 5) is 11.1. The number of carbonyl (C=O) groups excluding carboxylic acids is 1. The van der Waals surface area contributed by atoms with Crippen LogP contribution in [-0.2, 0) is 4.79 Å². The third-order valence-electron chi connectivity index (χ3n) is 1.61. The van der Waals surface area contributed by atoms with Gasteiger partial charge in [-0.2, -0.15) is 0 Å². The van der Waals surface area contributed by atoms with Gasteiger partial charge in [0, 0.05) is 6.42 Å². The van der Waals surface area contributed by atoms with E-state index < -0.39 is 0 Å². The summed E-state index contributed by atoms with van der Waals surface area (Å²) in [5, 5.41) is 0. The first-order chi connectivity index (χ1) is 6.33. The molecule has 0 aromatic heterocycles. The quantitative estimate of drug-likeness (QED) is 0.522. The molecule has 0 aliphatic carbocycles. The second-order valence-corrected chi connectivity index (χ2v) is 2.73. The number of hydrogen-bond donors (Lipinski definition) is 0. The van der Waals surface area contributed by atoms with E-state index >= 15 is 0 Å². The minimum atomic E-state index is -0.177. The van der Waals surface area contributed by atoms with Gasteiger partial charge in [0.15, 0.2) is 0 Å². The van der Waals surface area contributed by atoms with Gasteiger partial charge >= 0.3 is 5.97 Å². The molecule has 0 aliphatic rings. The van der Waals surface area contributed by atoms with Crippen molar-refractivity contribution in [3.63, 3.8) is 0 Å². The summed E-state index contributed by atoms with van der Waals surface area (Å²) in [7, 11) is 0. The van der Waals surface area contributed by atoms with Crippen LogP contribution in [0.4, 0.5) is 0 Å². The number of benzene rings is 1. The monoisotopic (exact) mass is 177 g/mol. The van der Waals surface area contributed by atoms with E-state index in [-0.39, 0.29) is 5.97 Å². The van der Waals surface area contributed by atoms with Gasteiger partial charge in [0.05, 0.1) is 0 Å². The van der Waals surface area contributed by atoms with Crippen LogP contribution in [0.3, 0.4) is 0 Å². The van der Waals surface area contributed by atoms with E-state index in [2.05, 4.69) is 0 Å². The van der Waals surface area contributed by atoms with Gasteiger partial charge in [-0.05, 0) is 25.0 Å². The Balaban J connectivity index is 2.37. The molecule has 0 bridgehead atoms. The Hall–Kier alpha value is -1.31. The molecule has 2 heteroatoms. The standard InChI is InChI=1S/C11H13O2/c1-2-3-9-11(12)13-10-7-5-4-6-8-10/h2,4-8H,3,9H2,1H3. The van der Waals surface area contributed by atoms with Crippen molar-refractivity contribution in [1.29, 1.82) is 0 Å². The van der Waals surface area contributed by atoms with Crippen LogP contribution < -0.4 is 4.74 Å². The molecule has 1 radical (unpaired) electrons. The minimum absolute atomic E-state index is 0.177. The van der Waals surface area contributed by atoms with E-state index in [1.807, 2.05) is 31.5 Å². The molecule has 2 nitrogen and oxygen atoms in total. The van der Waals surface area contributed by atoms with Crippen molar-refractivity contribution in [2.45, 2.75) is 19.8 Å². The van der Waals surface area contributed by atoms with Crippen LogP contribution in [0.1, 0.15) is 19.8 Å². The third-order valence-corrected chi connectivity index (χ3v) is 1.61. The summed E-state index contributed by atoms with van der Waals surface area (Å²) < 4.78 is 5.06. The van der Waals surface area contributed by atoms with Crippen molar-refractivity contribution >= 4 is 5.97 Å². The van der Waals surface area contributed by atoms with Gasteiger partial charge in [-0.3, -0.25) is 4.79 Å². The lowest BCUT2D eigenvalue weighted by Crippen LogP contribution is -2.06. The van der Waals surface area contributed by atoms with Crippen LogP contribution >= 0.6 is 0 Å². The van der Waals surface area contributed by atoms with Gasteiger partial charge in [-0.15, -0.1) is 0 Å². The van der Waals surface area contributed by atoms with Crippen molar-refractivity contribution in [2.75, 3.05) is 0 Å². The number of rotatable bonds is 4. The fraction of sp³-hybridized carbons (Fsp3) is 0.273. The van der Waals surface area contributed by atoms with E-state index in [4.69, 9.17) is 4.74 Å². The molecule has 0 unspecified atom stereocenters. The maximum Gasteiger partial charge on any atom is 0.311 e. The number of hydrogen-bond acceptors (Lipinski definition) is 2. The SMILES string of the molecule is C[CH]CCC(=O)Oc1ccccc1. The maximum atomic E-state index is 11.1. The van der Waals surface area contributed by atoms with Gasteiger partial charge in [-0.25, -0.2) is 0 Å². The molecule has 13 heavy (non-hydrogen) atoms. The lowest BCUT2D eigenvalue weighted by atomic mass is 10.2. The molecule has 0 spiro atoms. The van der Waals surface area contributed by atoms with E-state index in [0.717, 1.165) is 6.42 Å². The molecular formula is C11H13O2. The highest BCUT2D eigenvalue weighted by molar-refractivity contribution is 5.72. The van der Waals surface area contributed by atoms with Crippen LogP contribution in [0.2, 0.25) is 0 Å². The van der Waals surface area contributed by atoms with E-state index in [1.54, 1.807) is 12.1 Å². The summed E-state index contributed by atoms with van der Waals surface area (Å²) in [6.07, 6.45) is 3.17. The second-order valence-electron chi connectivity index (χ2n) is 2.73. The molecule has 0 N–H and O–H groups in total. The number of esters is 1. The Labute approximate surface area is 78.5 Å². The molecule has 0 heterocycles. The molecule has 1 aromatic carbocycles. The Bertz CT molecular complexity index is 254. The molecule has 0 amide bonds. The third kappa shape index (κ3) is 3.74. The lowest BCUT2D eigenvalue weighted by molar-refractivity contribution is -0.134. The normalized spacial score (nSPS) is 9.62. The molecule has 0 atom stereocenters. The average Bonchev–Trinajstić information content (AvgIpc) is 2.16. The van der Waals surface area contributed by atoms with Crippen LogP contribution in [-0.4, -0.2) is 5.97 Å². The molecule has 0 saturated carbocycles. The molecule has 0 fully saturated rings. The molecular weight excluding hydrogens is 164 g/mol. The highest BCUT2D eigenvalue weighted by Gasteiger charge is 2.02. The number of para-hydroxylation sites is 1. The predicted octanol–water partition coefficient (Wildman–Crippen LogP) is 2.60. The number of ether oxygens (including phenoxy) is 1. The summed E-state index contributed by atoms with van der Waals surface area (Å²) in [5.74, 6) is 0.438. The van der Waals surface area contributed by atoms with E-state index in [0.29, 0.717) is 12.2 Å². The zero-order chi connectivity index (χ0) is 9.52. The lowest BCUT2D eigenvalue weighted by Gasteiger charge is -2.02.